The van der Waals surface area contributed by atoms with Crippen molar-refractivity contribution in [2.75, 3.05) is 24.8 Å². The van der Waals surface area contributed by atoms with E-state index in [1.165, 1.54) is 17.3 Å². The quantitative estimate of drug-likeness (QED) is 0.523. The molecule has 0 saturated heterocycles. The molecule has 0 spiro atoms. The van der Waals surface area contributed by atoms with Crippen LogP contribution < -0.4 is 10.9 Å². The number of carbonyl (C=O) groups excluding carboxylic acids is 1. The largest absolute Gasteiger partial charge is 0.383 e. The van der Waals surface area contributed by atoms with Gasteiger partial charge in [0.25, 0.3) is 5.56 Å². The number of rotatable bonds is 8. The van der Waals surface area contributed by atoms with Crippen LogP contribution in [-0.4, -0.2) is 40.2 Å². The minimum absolute atomic E-state index is 0.0329. The molecule has 28 heavy (non-hydrogen) atoms. The normalized spacial score (nSPS) is 15.5. The molecular weight excluding hydrogens is 394 g/mol. The van der Waals surface area contributed by atoms with Crippen molar-refractivity contribution >= 4 is 35.1 Å². The number of aryl methyl sites for hydroxylation is 1. The molecule has 150 valence electrons. The molecule has 1 aliphatic heterocycles. The van der Waals surface area contributed by atoms with Crippen molar-refractivity contribution in [1.29, 1.82) is 0 Å². The van der Waals surface area contributed by atoms with E-state index < -0.39 is 0 Å². The van der Waals surface area contributed by atoms with E-state index in [9.17, 15) is 9.59 Å². The predicted octanol–water partition coefficient (Wildman–Crippen LogP) is 3.22. The van der Waals surface area contributed by atoms with E-state index >= 15 is 0 Å². The Bertz CT molecular complexity index is 897. The number of nitrogens with zero attached hydrogens (tertiary/aromatic N) is 2. The minimum Gasteiger partial charge on any atom is -0.383 e. The summed E-state index contributed by atoms with van der Waals surface area (Å²) in [4.78, 5) is 30.6. The van der Waals surface area contributed by atoms with Crippen LogP contribution >= 0.6 is 23.5 Å². The Balaban J connectivity index is 1.71. The lowest BCUT2D eigenvalue weighted by atomic mass is 10.1. The SMILES string of the molecule is CCc1ccc(NC(=O)CSc2nc3c(c(=O)n2CCOC)SC(C)C3)cc1. The van der Waals surface area contributed by atoms with Crippen LogP contribution in [0.1, 0.15) is 25.1 Å². The first kappa shape index (κ1) is 21.0. The lowest BCUT2D eigenvalue weighted by Crippen LogP contribution is -2.27. The van der Waals surface area contributed by atoms with Gasteiger partial charge < -0.3 is 10.1 Å². The zero-order valence-corrected chi connectivity index (χ0v) is 18.0. The van der Waals surface area contributed by atoms with E-state index in [2.05, 4.69) is 24.1 Å². The number of carbonyl (C=O) groups is 1. The van der Waals surface area contributed by atoms with Crippen molar-refractivity contribution in [3.63, 3.8) is 0 Å². The Hall–Kier alpha value is -1.77. The highest BCUT2D eigenvalue weighted by Gasteiger charge is 2.26. The third-order valence-electron chi connectivity index (χ3n) is 4.46. The van der Waals surface area contributed by atoms with Crippen molar-refractivity contribution in [3.8, 4) is 0 Å². The summed E-state index contributed by atoms with van der Waals surface area (Å²) in [5.74, 6) is 0.0706. The van der Waals surface area contributed by atoms with Gasteiger partial charge in [-0.25, -0.2) is 4.98 Å². The van der Waals surface area contributed by atoms with Gasteiger partial charge in [-0.05, 0) is 24.1 Å². The van der Waals surface area contributed by atoms with Crippen LogP contribution in [-0.2, 0) is 28.9 Å². The molecule has 0 radical (unpaired) electrons. The lowest BCUT2D eigenvalue weighted by Gasteiger charge is -2.13. The fourth-order valence-electron chi connectivity index (χ4n) is 2.97. The van der Waals surface area contributed by atoms with Gasteiger partial charge in [0.2, 0.25) is 5.91 Å². The molecule has 1 aromatic heterocycles. The first-order chi connectivity index (χ1) is 13.5. The molecule has 1 aliphatic rings. The smallest absolute Gasteiger partial charge is 0.268 e. The summed E-state index contributed by atoms with van der Waals surface area (Å²) in [5.41, 5.74) is 2.80. The van der Waals surface area contributed by atoms with Crippen molar-refractivity contribution in [1.82, 2.24) is 9.55 Å². The van der Waals surface area contributed by atoms with Crippen molar-refractivity contribution < 1.29 is 9.53 Å². The molecule has 2 heterocycles. The van der Waals surface area contributed by atoms with E-state index in [0.29, 0.717) is 23.6 Å². The van der Waals surface area contributed by atoms with Gasteiger partial charge in [0.05, 0.1) is 29.5 Å². The van der Waals surface area contributed by atoms with Gasteiger partial charge in [-0.2, -0.15) is 0 Å². The van der Waals surface area contributed by atoms with Gasteiger partial charge in [-0.3, -0.25) is 14.2 Å². The van der Waals surface area contributed by atoms with Crippen LogP contribution in [0.15, 0.2) is 39.1 Å². The zero-order valence-electron chi connectivity index (χ0n) is 16.4. The van der Waals surface area contributed by atoms with Crippen LogP contribution in [0.25, 0.3) is 0 Å². The summed E-state index contributed by atoms with van der Waals surface area (Å²) in [6, 6.07) is 7.82. The van der Waals surface area contributed by atoms with Crippen molar-refractivity contribution in [2.24, 2.45) is 0 Å². The number of aromatic nitrogens is 2. The Morgan fingerprint density at radius 2 is 2.14 bits per heavy atom. The molecule has 2 aromatic rings. The van der Waals surface area contributed by atoms with E-state index in [-0.39, 0.29) is 17.2 Å². The van der Waals surface area contributed by atoms with Gasteiger partial charge in [0.15, 0.2) is 5.16 Å². The highest BCUT2D eigenvalue weighted by atomic mass is 32.2. The lowest BCUT2D eigenvalue weighted by molar-refractivity contribution is -0.113. The molecule has 1 unspecified atom stereocenters. The molecule has 0 fully saturated rings. The third-order valence-corrected chi connectivity index (χ3v) is 6.65. The number of nitrogens with one attached hydrogen (secondary N) is 1. The van der Waals surface area contributed by atoms with Gasteiger partial charge in [-0.15, -0.1) is 11.8 Å². The van der Waals surface area contributed by atoms with Crippen LogP contribution in [0.5, 0.6) is 0 Å². The van der Waals surface area contributed by atoms with Gasteiger partial charge in [0, 0.05) is 24.5 Å². The van der Waals surface area contributed by atoms with E-state index in [1.807, 2.05) is 24.3 Å². The standard InChI is InChI=1S/C20H25N3O3S2/c1-4-14-5-7-15(8-6-14)21-17(24)12-27-20-22-16-11-13(2)28-18(16)19(25)23(20)9-10-26-3/h5-8,13H,4,9-12H2,1-3H3,(H,21,24). The molecule has 0 bridgehead atoms. The Morgan fingerprint density at radius 3 is 2.82 bits per heavy atom. The number of anilines is 1. The number of ether oxygens (including phenoxy) is 1. The van der Waals surface area contributed by atoms with E-state index in [1.54, 1.807) is 23.4 Å². The molecule has 1 amide bonds. The maximum Gasteiger partial charge on any atom is 0.268 e. The van der Waals surface area contributed by atoms with Crippen LogP contribution in [0.3, 0.4) is 0 Å². The first-order valence-electron chi connectivity index (χ1n) is 9.32. The number of fused-ring (bicyclic) bond motifs is 1. The maximum absolute atomic E-state index is 12.9. The Labute approximate surface area is 173 Å². The van der Waals surface area contributed by atoms with E-state index in [4.69, 9.17) is 4.74 Å². The second-order valence-corrected chi connectivity index (χ2v) is 9.03. The molecule has 1 N–H and O–H groups in total. The zero-order chi connectivity index (χ0) is 20.1. The second kappa shape index (κ2) is 9.62. The van der Waals surface area contributed by atoms with Crippen LogP contribution in [0.4, 0.5) is 5.69 Å². The third kappa shape index (κ3) is 4.98. The summed E-state index contributed by atoms with van der Waals surface area (Å²) in [6.45, 7) is 5.03. The molecule has 1 aromatic carbocycles. The van der Waals surface area contributed by atoms with Gasteiger partial charge >= 0.3 is 0 Å². The van der Waals surface area contributed by atoms with Gasteiger partial charge in [-0.1, -0.05) is 37.7 Å². The molecule has 0 aliphatic carbocycles. The maximum atomic E-state index is 12.9. The van der Waals surface area contributed by atoms with Crippen molar-refractivity contribution in [3.05, 3.63) is 45.9 Å². The Kier molecular flexibility index (Phi) is 7.20. The topological polar surface area (TPSA) is 73.2 Å². The number of thioether (sulfide) groups is 2. The average molecular weight is 420 g/mol. The van der Waals surface area contributed by atoms with E-state index in [0.717, 1.165) is 29.1 Å². The Morgan fingerprint density at radius 1 is 1.39 bits per heavy atom. The highest BCUT2D eigenvalue weighted by molar-refractivity contribution is 8.00. The number of benzene rings is 1. The molecule has 0 saturated carbocycles. The summed E-state index contributed by atoms with van der Waals surface area (Å²) in [5, 5.41) is 3.82. The van der Waals surface area contributed by atoms with Crippen LogP contribution in [0.2, 0.25) is 0 Å². The molecule has 3 rings (SSSR count). The fraction of sp³-hybridized carbons (Fsp3) is 0.450. The number of hydrogen-bond acceptors (Lipinski definition) is 6. The number of hydrogen-bond donors (Lipinski definition) is 1. The second-order valence-electron chi connectivity index (χ2n) is 6.64. The predicted molar refractivity (Wildman–Crippen MR) is 115 cm³/mol. The molecule has 1 atom stereocenters. The highest BCUT2D eigenvalue weighted by Crippen LogP contribution is 2.34. The number of methoxy groups -OCH3 is 1. The monoisotopic (exact) mass is 419 g/mol. The van der Waals surface area contributed by atoms with Gasteiger partial charge in [0.1, 0.15) is 0 Å². The molecule has 8 heteroatoms. The number of amides is 1. The minimum atomic E-state index is -0.120. The molecular formula is C20H25N3O3S2. The summed E-state index contributed by atoms with van der Waals surface area (Å²) in [6.07, 6.45) is 1.74. The van der Waals surface area contributed by atoms with Crippen molar-refractivity contribution in [2.45, 2.75) is 48.5 Å². The summed E-state index contributed by atoms with van der Waals surface area (Å²) < 4.78 is 6.76. The average Bonchev–Trinajstić information content (AvgIpc) is 3.07. The first-order valence-corrected chi connectivity index (χ1v) is 11.2. The van der Waals surface area contributed by atoms with Crippen LogP contribution in [0, 0.1) is 0 Å². The fourth-order valence-corrected chi connectivity index (χ4v) is 4.93. The summed E-state index contributed by atoms with van der Waals surface area (Å²) in [7, 11) is 1.60. The summed E-state index contributed by atoms with van der Waals surface area (Å²) >= 11 is 2.87. The molecule has 6 nitrogen and oxygen atoms in total.